The van der Waals surface area contributed by atoms with Gasteiger partial charge in [0.25, 0.3) is 11.6 Å². The molecule has 0 radical (unpaired) electrons. The minimum atomic E-state index is -0.654. The first kappa shape index (κ1) is 21.2. The van der Waals surface area contributed by atoms with E-state index in [0.29, 0.717) is 28.4 Å². The van der Waals surface area contributed by atoms with Crippen molar-refractivity contribution in [2.45, 2.75) is 0 Å². The van der Waals surface area contributed by atoms with Crippen LogP contribution in [0.5, 0.6) is 11.5 Å². The summed E-state index contributed by atoms with van der Waals surface area (Å²) >= 11 is 0. The lowest BCUT2D eigenvalue weighted by Gasteiger charge is -2.13. The molecule has 0 heterocycles. The topological polar surface area (TPSA) is 118 Å². The van der Waals surface area contributed by atoms with Crippen LogP contribution in [0, 0.1) is 21.4 Å². The predicted octanol–water partition coefficient (Wildman–Crippen LogP) is 3.22. The van der Waals surface area contributed by atoms with Crippen LogP contribution in [0.3, 0.4) is 0 Å². The fourth-order valence-electron chi connectivity index (χ4n) is 2.58. The number of anilines is 2. The van der Waals surface area contributed by atoms with E-state index in [1.54, 1.807) is 49.3 Å². The average molecular weight is 396 g/mol. The number of methoxy groups -OCH3 is 2. The summed E-state index contributed by atoms with van der Waals surface area (Å²) in [6, 6.07) is 11.1. The van der Waals surface area contributed by atoms with Crippen molar-refractivity contribution in [3.63, 3.8) is 0 Å². The van der Waals surface area contributed by atoms with Crippen LogP contribution in [0.2, 0.25) is 0 Å². The van der Waals surface area contributed by atoms with Crippen LogP contribution in [-0.2, 0) is 4.79 Å². The fourth-order valence-corrected chi connectivity index (χ4v) is 2.58. The van der Waals surface area contributed by atoms with E-state index in [0.717, 1.165) is 0 Å². The van der Waals surface area contributed by atoms with Gasteiger partial charge in [0.2, 0.25) is 0 Å². The van der Waals surface area contributed by atoms with Crippen LogP contribution < -0.4 is 19.7 Å². The van der Waals surface area contributed by atoms with Crippen molar-refractivity contribution in [3.8, 4) is 17.6 Å². The molecule has 0 aromatic heterocycles. The Hall–Kier alpha value is -4.06. The summed E-state index contributed by atoms with van der Waals surface area (Å²) in [6.07, 6.45) is 1.29. The lowest BCUT2D eigenvalue weighted by Crippen LogP contribution is -2.13. The Balaban J connectivity index is 2.32. The molecule has 0 unspecified atom stereocenters. The van der Waals surface area contributed by atoms with Crippen LogP contribution in [-0.4, -0.2) is 39.1 Å². The Morgan fingerprint density at radius 3 is 2.41 bits per heavy atom. The van der Waals surface area contributed by atoms with Crippen LogP contribution in [0.4, 0.5) is 17.1 Å². The number of nitrogens with one attached hydrogen (secondary N) is 1. The van der Waals surface area contributed by atoms with E-state index in [1.807, 2.05) is 6.07 Å². The van der Waals surface area contributed by atoms with E-state index in [2.05, 4.69) is 5.32 Å². The fraction of sp³-hybridized carbons (Fsp3) is 0.200. The van der Waals surface area contributed by atoms with Crippen molar-refractivity contribution in [2.24, 2.45) is 0 Å². The summed E-state index contributed by atoms with van der Waals surface area (Å²) in [4.78, 5) is 24.9. The Morgan fingerprint density at radius 2 is 1.86 bits per heavy atom. The van der Waals surface area contributed by atoms with Crippen molar-refractivity contribution in [1.82, 2.24) is 0 Å². The molecule has 0 aliphatic heterocycles. The summed E-state index contributed by atoms with van der Waals surface area (Å²) < 4.78 is 10.3. The minimum absolute atomic E-state index is 0.124. The van der Waals surface area contributed by atoms with Gasteiger partial charge in [-0.25, -0.2) is 0 Å². The zero-order valence-electron chi connectivity index (χ0n) is 16.4. The molecule has 2 aromatic rings. The number of carbonyl (C=O) groups excluding carboxylic acids is 1. The van der Waals surface area contributed by atoms with Crippen molar-refractivity contribution in [2.75, 3.05) is 38.5 Å². The third kappa shape index (κ3) is 5.01. The molecular formula is C20H20N4O5. The van der Waals surface area contributed by atoms with E-state index < -0.39 is 10.8 Å². The van der Waals surface area contributed by atoms with Gasteiger partial charge in [0.15, 0.2) is 11.5 Å². The molecule has 0 fully saturated rings. The van der Waals surface area contributed by atoms with E-state index in [1.165, 1.54) is 26.4 Å². The first-order valence-electron chi connectivity index (χ1n) is 8.41. The summed E-state index contributed by atoms with van der Waals surface area (Å²) in [5.41, 5.74) is 0.859. The number of nitro groups is 1. The molecule has 29 heavy (non-hydrogen) atoms. The third-order valence-electron chi connectivity index (χ3n) is 4.00. The monoisotopic (exact) mass is 396 g/mol. The lowest BCUT2D eigenvalue weighted by atomic mass is 10.1. The maximum Gasteiger partial charge on any atom is 0.293 e. The van der Waals surface area contributed by atoms with Gasteiger partial charge in [0.05, 0.1) is 19.1 Å². The molecular weight excluding hydrogens is 376 g/mol. The Labute approximate surface area is 167 Å². The molecule has 2 rings (SSSR count). The van der Waals surface area contributed by atoms with Crippen molar-refractivity contribution in [1.29, 1.82) is 5.26 Å². The molecule has 0 aliphatic carbocycles. The molecule has 1 amide bonds. The first-order chi connectivity index (χ1) is 13.8. The minimum Gasteiger partial charge on any atom is -0.493 e. The van der Waals surface area contributed by atoms with Gasteiger partial charge in [-0.3, -0.25) is 14.9 Å². The highest BCUT2D eigenvalue weighted by Gasteiger charge is 2.17. The molecule has 0 saturated carbocycles. The third-order valence-corrected chi connectivity index (χ3v) is 4.00. The highest BCUT2D eigenvalue weighted by atomic mass is 16.6. The van der Waals surface area contributed by atoms with Crippen LogP contribution in [0.15, 0.2) is 42.0 Å². The normalized spacial score (nSPS) is 10.7. The maximum absolute atomic E-state index is 12.5. The van der Waals surface area contributed by atoms with Gasteiger partial charge < -0.3 is 19.7 Å². The van der Waals surface area contributed by atoms with E-state index in [4.69, 9.17) is 9.47 Å². The highest BCUT2D eigenvalue weighted by Crippen LogP contribution is 2.30. The molecule has 1 N–H and O–H groups in total. The second-order valence-electron chi connectivity index (χ2n) is 6.09. The first-order valence-corrected chi connectivity index (χ1v) is 8.41. The van der Waals surface area contributed by atoms with E-state index in [-0.39, 0.29) is 11.3 Å². The van der Waals surface area contributed by atoms with Gasteiger partial charge in [-0.05, 0) is 29.8 Å². The molecule has 2 aromatic carbocycles. The Morgan fingerprint density at radius 1 is 1.17 bits per heavy atom. The maximum atomic E-state index is 12.5. The van der Waals surface area contributed by atoms with Gasteiger partial charge >= 0.3 is 0 Å². The number of rotatable bonds is 7. The summed E-state index contributed by atoms with van der Waals surface area (Å²) in [5.74, 6) is 0.261. The van der Waals surface area contributed by atoms with Crippen molar-refractivity contribution in [3.05, 3.63) is 57.6 Å². The molecule has 0 aliphatic rings. The molecule has 150 valence electrons. The molecule has 0 atom stereocenters. The molecule has 0 bridgehead atoms. The standard InChI is InChI=1S/C20H20N4O5/c1-23(2)16-7-5-13(10-17(16)24(26)27)9-14(12-21)20(25)22-15-6-8-18(28-3)19(11-15)29-4/h5-11H,1-4H3,(H,22,25)/b14-9+. The van der Waals surface area contributed by atoms with E-state index >= 15 is 0 Å². The van der Waals surface area contributed by atoms with E-state index in [9.17, 15) is 20.2 Å². The second kappa shape index (κ2) is 9.23. The zero-order chi connectivity index (χ0) is 21.6. The number of ether oxygens (including phenoxy) is 2. The van der Waals surface area contributed by atoms with Crippen molar-refractivity contribution >= 4 is 29.0 Å². The number of nitriles is 1. The number of amides is 1. The van der Waals surface area contributed by atoms with Gasteiger partial charge in [-0.15, -0.1) is 0 Å². The van der Waals surface area contributed by atoms with Gasteiger partial charge in [0.1, 0.15) is 17.3 Å². The van der Waals surface area contributed by atoms with Crippen molar-refractivity contribution < 1.29 is 19.2 Å². The number of nitrogens with zero attached hydrogens (tertiary/aromatic N) is 3. The average Bonchev–Trinajstić information content (AvgIpc) is 2.71. The number of carbonyl (C=O) groups is 1. The zero-order valence-corrected chi connectivity index (χ0v) is 16.4. The summed E-state index contributed by atoms with van der Waals surface area (Å²) in [7, 11) is 6.34. The van der Waals surface area contributed by atoms with Crippen LogP contribution >= 0.6 is 0 Å². The SMILES string of the molecule is COc1ccc(NC(=O)/C(C#N)=C/c2ccc(N(C)C)c([N+](=O)[O-])c2)cc1OC. The highest BCUT2D eigenvalue weighted by molar-refractivity contribution is 6.09. The lowest BCUT2D eigenvalue weighted by molar-refractivity contribution is -0.384. The number of hydrogen-bond acceptors (Lipinski definition) is 7. The van der Waals surface area contributed by atoms with Gasteiger partial charge in [-0.1, -0.05) is 6.07 Å². The second-order valence-corrected chi connectivity index (χ2v) is 6.09. The van der Waals surface area contributed by atoms with Crippen LogP contribution in [0.1, 0.15) is 5.56 Å². The Kier molecular flexibility index (Phi) is 6.76. The number of benzene rings is 2. The quantitative estimate of drug-likeness (QED) is 0.330. The summed E-state index contributed by atoms with van der Waals surface area (Å²) in [5, 5.41) is 23.3. The summed E-state index contributed by atoms with van der Waals surface area (Å²) in [6.45, 7) is 0. The van der Waals surface area contributed by atoms with Gasteiger partial charge in [-0.2, -0.15) is 5.26 Å². The smallest absolute Gasteiger partial charge is 0.293 e. The molecule has 0 saturated heterocycles. The Bertz CT molecular complexity index is 1010. The molecule has 9 heteroatoms. The number of nitro benzene ring substituents is 1. The van der Waals surface area contributed by atoms with Gasteiger partial charge in [0, 0.05) is 31.9 Å². The largest absolute Gasteiger partial charge is 0.493 e. The van der Waals surface area contributed by atoms with Crippen LogP contribution in [0.25, 0.3) is 6.08 Å². The number of hydrogen-bond donors (Lipinski definition) is 1. The molecule has 9 nitrogen and oxygen atoms in total. The predicted molar refractivity (Wildman–Crippen MR) is 109 cm³/mol. The molecule has 0 spiro atoms.